The first-order valence-electron chi connectivity index (χ1n) is 11.4. The van der Waals surface area contributed by atoms with Crippen LogP contribution in [-0.2, 0) is 13.0 Å². The van der Waals surface area contributed by atoms with Gasteiger partial charge in [0.05, 0.1) is 23.0 Å². The van der Waals surface area contributed by atoms with E-state index in [0.717, 1.165) is 22.5 Å². The normalized spacial score (nSPS) is 14.1. The van der Waals surface area contributed by atoms with Gasteiger partial charge in [0.15, 0.2) is 17.3 Å². The molecule has 2 aromatic carbocycles. The molecule has 0 spiro atoms. The third-order valence-electron chi connectivity index (χ3n) is 6.40. The first-order valence-corrected chi connectivity index (χ1v) is 11.4. The number of carbonyl (C=O) groups excluding carboxylic acids is 2. The zero-order chi connectivity index (χ0) is 23.9. The quantitative estimate of drug-likeness (QED) is 0.411. The monoisotopic (exact) mass is 469 g/mol. The largest absolute Gasteiger partial charge is 0.454 e. The number of nitrogens with zero attached hydrogens (tertiary/aromatic N) is 2. The highest BCUT2D eigenvalue weighted by Crippen LogP contribution is 2.35. The molecule has 0 bridgehead atoms. The van der Waals surface area contributed by atoms with Gasteiger partial charge in [-0.3, -0.25) is 14.7 Å². The van der Waals surface area contributed by atoms with E-state index in [-0.39, 0.29) is 24.6 Å². The third-order valence-corrected chi connectivity index (χ3v) is 6.40. The first-order chi connectivity index (χ1) is 17.1. The number of rotatable bonds is 5. The smallest absolute Gasteiger partial charge is 0.257 e. The van der Waals surface area contributed by atoms with Crippen molar-refractivity contribution in [3.8, 4) is 22.9 Å². The van der Waals surface area contributed by atoms with E-state index in [0.29, 0.717) is 41.4 Å². The summed E-state index contributed by atoms with van der Waals surface area (Å²) < 4.78 is 12.7. The van der Waals surface area contributed by atoms with Crippen LogP contribution in [0.5, 0.6) is 11.5 Å². The molecular formula is C26H23N5O4. The topological polar surface area (TPSA) is 110 Å². The summed E-state index contributed by atoms with van der Waals surface area (Å²) in [5.41, 5.74) is 4.65. The number of aromatic amines is 1. The van der Waals surface area contributed by atoms with Gasteiger partial charge in [0.1, 0.15) is 0 Å². The van der Waals surface area contributed by atoms with Crippen LogP contribution in [0.25, 0.3) is 11.4 Å². The average Bonchev–Trinajstić information content (AvgIpc) is 3.61. The molecule has 9 heteroatoms. The molecule has 3 N–H and O–H groups in total. The Morgan fingerprint density at radius 1 is 1.03 bits per heavy atom. The Morgan fingerprint density at radius 2 is 1.86 bits per heavy atom. The molecule has 6 rings (SSSR count). The van der Waals surface area contributed by atoms with E-state index < -0.39 is 0 Å². The van der Waals surface area contributed by atoms with E-state index in [1.54, 1.807) is 18.2 Å². The molecule has 4 heterocycles. The Balaban J connectivity index is 1.20. The molecular weight excluding hydrogens is 446 g/mol. The molecule has 1 unspecified atom stereocenters. The van der Waals surface area contributed by atoms with Crippen LogP contribution in [0.2, 0.25) is 0 Å². The second kappa shape index (κ2) is 8.35. The van der Waals surface area contributed by atoms with E-state index >= 15 is 0 Å². The molecule has 0 saturated carbocycles. The lowest BCUT2D eigenvalue weighted by atomic mass is 10.1. The molecule has 35 heavy (non-hydrogen) atoms. The molecule has 176 valence electrons. The first kappa shape index (κ1) is 21.0. The number of aromatic nitrogens is 3. The van der Waals surface area contributed by atoms with Crippen molar-refractivity contribution in [2.45, 2.75) is 25.9 Å². The van der Waals surface area contributed by atoms with E-state index in [1.807, 2.05) is 54.1 Å². The lowest BCUT2D eigenvalue weighted by molar-refractivity contribution is 0.0939. The number of nitrogens with one attached hydrogen (secondary N) is 3. The van der Waals surface area contributed by atoms with Gasteiger partial charge < -0.3 is 24.7 Å². The van der Waals surface area contributed by atoms with E-state index in [1.165, 1.54) is 0 Å². The minimum absolute atomic E-state index is 0.110. The van der Waals surface area contributed by atoms with E-state index in [2.05, 4.69) is 20.8 Å². The van der Waals surface area contributed by atoms with Crippen molar-refractivity contribution in [3.63, 3.8) is 0 Å². The van der Waals surface area contributed by atoms with Crippen molar-refractivity contribution in [2.24, 2.45) is 0 Å². The van der Waals surface area contributed by atoms with Crippen molar-refractivity contribution in [1.82, 2.24) is 20.1 Å². The maximum Gasteiger partial charge on any atom is 0.257 e. The number of amides is 2. The van der Waals surface area contributed by atoms with Gasteiger partial charge in [-0.15, -0.1) is 0 Å². The van der Waals surface area contributed by atoms with E-state index in [9.17, 15) is 9.59 Å². The SMILES string of the molecule is CC(NC(=O)c1cc2n(c1)CCc1c(NC(=O)c3ccc4c(c3)OCO4)n[nH]c1-2)c1ccccc1. The highest BCUT2D eigenvalue weighted by molar-refractivity contribution is 6.05. The molecule has 9 nitrogen and oxygen atoms in total. The fourth-order valence-electron chi connectivity index (χ4n) is 4.51. The van der Waals surface area contributed by atoms with Crippen LogP contribution in [0.3, 0.4) is 0 Å². The maximum atomic E-state index is 12.9. The number of hydrogen-bond acceptors (Lipinski definition) is 5. The Labute approximate surface area is 201 Å². The summed E-state index contributed by atoms with van der Waals surface area (Å²) in [4.78, 5) is 25.8. The number of anilines is 1. The molecule has 2 aromatic heterocycles. The van der Waals surface area contributed by atoms with Crippen molar-refractivity contribution >= 4 is 17.6 Å². The van der Waals surface area contributed by atoms with Crippen LogP contribution in [0.15, 0.2) is 60.8 Å². The zero-order valence-corrected chi connectivity index (χ0v) is 19.0. The molecule has 2 amide bonds. The molecule has 1 atom stereocenters. The number of H-pyrrole nitrogens is 1. The summed E-state index contributed by atoms with van der Waals surface area (Å²) in [6, 6.07) is 16.7. The van der Waals surface area contributed by atoms with Gasteiger partial charge in [-0.1, -0.05) is 30.3 Å². The summed E-state index contributed by atoms with van der Waals surface area (Å²) in [7, 11) is 0. The maximum absolute atomic E-state index is 12.9. The van der Waals surface area contributed by atoms with Crippen LogP contribution < -0.4 is 20.1 Å². The second-order valence-corrected chi connectivity index (χ2v) is 8.61. The number of hydrogen-bond donors (Lipinski definition) is 3. The summed E-state index contributed by atoms with van der Waals surface area (Å²) in [6.45, 7) is 2.79. The fourth-order valence-corrected chi connectivity index (χ4v) is 4.51. The minimum Gasteiger partial charge on any atom is -0.454 e. The average molecular weight is 470 g/mol. The Hall–Kier alpha value is -4.53. The third kappa shape index (κ3) is 3.80. The number of aryl methyl sites for hydroxylation is 1. The zero-order valence-electron chi connectivity index (χ0n) is 19.0. The number of benzene rings is 2. The van der Waals surface area contributed by atoms with Crippen molar-refractivity contribution in [2.75, 3.05) is 12.1 Å². The summed E-state index contributed by atoms with van der Waals surface area (Å²) >= 11 is 0. The second-order valence-electron chi connectivity index (χ2n) is 8.61. The van der Waals surface area contributed by atoms with Crippen molar-refractivity contribution in [1.29, 1.82) is 0 Å². The Kier molecular flexibility index (Phi) is 5.02. The van der Waals surface area contributed by atoms with Crippen LogP contribution in [-0.4, -0.2) is 33.4 Å². The number of fused-ring (bicyclic) bond motifs is 4. The molecule has 0 radical (unpaired) electrons. The van der Waals surface area contributed by atoms with Gasteiger partial charge in [0.2, 0.25) is 6.79 Å². The molecule has 0 fully saturated rings. The van der Waals surface area contributed by atoms with Gasteiger partial charge in [-0.2, -0.15) is 5.10 Å². The van der Waals surface area contributed by atoms with Crippen LogP contribution in [0.1, 0.15) is 44.8 Å². The van der Waals surface area contributed by atoms with Crippen molar-refractivity contribution < 1.29 is 19.1 Å². The van der Waals surface area contributed by atoms with Crippen LogP contribution in [0, 0.1) is 0 Å². The lowest BCUT2D eigenvalue weighted by Crippen LogP contribution is -2.26. The van der Waals surface area contributed by atoms with Gasteiger partial charge >= 0.3 is 0 Å². The van der Waals surface area contributed by atoms with Gasteiger partial charge in [0, 0.05) is 23.9 Å². The molecule has 2 aliphatic rings. The predicted molar refractivity (Wildman–Crippen MR) is 129 cm³/mol. The van der Waals surface area contributed by atoms with Crippen LogP contribution in [0.4, 0.5) is 5.82 Å². The number of ether oxygens (including phenoxy) is 2. The minimum atomic E-state index is -0.284. The summed E-state index contributed by atoms with van der Waals surface area (Å²) in [5, 5.41) is 13.3. The molecule has 0 aliphatic carbocycles. The molecule has 0 saturated heterocycles. The summed E-state index contributed by atoms with van der Waals surface area (Å²) in [6.07, 6.45) is 2.53. The predicted octanol–water partition coefficient (Wildman–Crippen LogP) is 3.91. The van der Waals surface area contributed by atoms with Crippen LogP contribution >= 0.6 is 0 Å². The molecule has 4 aromatic rings. The molecule has 2 aliphatic heterocycles. The standard InChI is InChI=1S/C26H23N5O4/c1-15(16-5-3-2-4-6-16)27-26(33)18-11-20-23-19(9-10-31(20)13-18)24(30-29-23)28-25(32)17-7-8-21-22(12-17)35-14-34-21/h2-8,11-13,15H,9-10,14H2,1H3,(H,27,33)(H2,28,29,30,32). The Bertz CT molecular complexity index is 1440. The Morgan fingerprint density at radius 3 is 2.71 bits per heavy atom. The highest BCUT2D eigenvalue weighted by atomic mass is 16.7. The highest BCUT2D eigenvalue weighted by Gasteiger charge is 2.26. The summed E-state index contributed by atoms with van der Waals surface area (Å²) in [5.74, 6) is 1.23. The number of carbonyl (C=O) groups is 2. The lowest BCUT2D eigenvalue weighted by Gasteiger charge is -2.16. The van der Waals surface area contributed by atoms with E-state index in [4.69, 9.17) is 9.47 Å². The van der Waals surface area contributed by atoms with Crippen molar-refractivity contribution in [3.05, 3.63) is 83.0 Å². The van der Waals surface area contributed by atoms with Gasteiger partial charge in [0.25, 0.3) is 11.8 Å². The van der Waals surface area contributed by atoms with Gasteiger partial charge in [-0.25, -0.2) is 0 Å². The fraction of sp³-hybridized carbons (Fsp3) is 0.192. The van der Waals surface area contributed by atoms with Gasteiger partial charge in [-0.05, 0) is 43.2 Å².